The van der Waals surface area contributed by atoms with Crippen LogP contribution in [0.2, 0.25) is 38.8 Å². The highest BCUT2D eigenvalue weighted by molar-refractivity contribution is 6.84. The van der Waals surface area contributed by atoms with E-state index in [4.69, 9.17) is 4.12 Å². The molecular formula is C20H40NOSi2+. The lowest BCUT2D eigenvalue weighted by Crippen LogP contribution is -2.46. The van der Waals surface area contributed by atoms with Crippen LogP contribution in [0.15, 0.2) is 24.3 Å². The third kappa shape index (κ3) is 7.22. The summed E-state index contributed by atoms with van der Waals surface area (Å²) in [6, 6.07) is 10.6. The second-order valence-electron chi connectivity index (χ2n) is 8.74. The summed E-state index contributed by atoms with van der Waals surface area (Å²) in [6.07, 6.45) is 1.15. The summed E-state index contributed by atoms with van der Waals surface area (Å²) in [7, 11) is -2.95. The summed E-state index contributed by atoms with van der Waals surface area (Å²) in [4.78, 5) is 0. The fourth-order valence-electron chi connectivity index (χ4n) is 3.53. The molecule has 0 saturated heterocycles. The Morgan fingerprint density at radius 3 is 1.67 bits per heavy atom. The van der Waals surface area contributed by atoms with Crippen molar-refractivity contribution in [3.8, 4) is 0 Å². The maximum atomic E-state index is 6.46. The molecule has 0 amide bonds. The first-order chi connectivity index (χ1) is 11.0. The van der Waals surface area contributed by atoms with Crippen molar-refractivity contribution in [2.75, 3.05) is 19.6 Å². The van der Waals surface area contributed by atoms with E-state index in [2.05, 4.69) is 77.8 Å². The van der Waals surface area contributed by atoms with Crippen LogP contribution in [0.4, 0.5) is 0 Å². The van der Waals surface area contributed by atoms with Crippen LogP contribution >= 0.6 is 0 Å². The Kier molecular flexibility index (Phi) is 7.92. The van der Waals surface area contributed by atoms with E-state index in [1.807, 2.05) is 0 Å². The quantitative estimate of drug-likeness (QED) is 0.383. The van der Waals surface area contributed by atoms with Crippen LogP contribution in [0.3, 0.4) is 0 Å². The molecule has 0 spiro atoms. The molecule has 0 aromatic heterocycles. The summed E-state index contributed by atoms with van der Waals surface area (Å²) in [5, 5.41) is 0. The molecule has 2 nitrogen and oxygen atoms in total. The van der Waals surface area contributed by atoms with Crippen molar-refractivity contribution >= 4 is 16.6 Å². The van der Waals surface area contributed by atoms with E-state index < -0.39 is 16.6 Å². The van der Waals surface area contributed by atoms with Crippen molar-refractivity contribution in [1.29, 1.82) is 0 Å². The Morgan fingerprint density at radius 1 is 0.792 bits per heavy atom. The molecule has 24 heavy (non-hydrogen) atoms. The van der Waals surface area contributed by atoms with Gasteiger partial charge in [-0.05, 0) is 71.5 Å². The van der Waals surface area contributed by atoms with Gasteiger partial charge in [0.25, 0.3) is 0 Å². The van der Waals surface area contributed by atoms with Crippen molar-refractivity contribution in [3.63, 3.8) is 0 Å². The van der Waals surface area contributed by atoms with Crippen molar-refractivity contribution in [1.82, 2.24) is 0 Å². The number of nitrogens with zero attached hydrogens (tertiary/aromatic N) is 1. The smallest absolute Gasteiger partial charge is 0.173 e. The molecule has 0 N–H and O–H groups in total. The third-order valence-electron chi connectivity index (χ3n) is 5.15. The van der Waals surface area contributed by atoms with E-state index in [0.29, 0.717) is 0 Å². The first kappa shape index (κ1) is 21.6. The average Bonchev–Trinajstić information content (AvgIpc) is 2.50. The normalized spacial score (nSPS) is 13.3. The Morgan fingerprint density at radius 2 is 1.25 bits per heavy atom. The molecule has 1 aromatic carbocycles. The molecule has 138 valence electrons. The molecule has 0 radical (unpaired) electrons. The monoisotopic (exact) mass is 366 g/mol. The standard InChI is InChI=1S/C20H40NOSi2/c1-9-21(10-2,11-3)18-20-14-12-19(13-15-20)16-17-24(7,8)22-23(4,5)6/h12-15H,9-11,16-18H2,1-8H3/q+1. The largest absolute Gasteiger partial charge is 0.456 e. The van der Waals surface area contributed by atoms with Gasteiger partial charge in [0.15, 0.2) is 16.6 Å². The molecule has 0 aliphatic heterocycles. The molecule has 0 heterocycles. The fourth-order valence-corrected chi connectivity index (χ4v) is 11.5. The minimum atomic E-state index is -1.53. The van der Waals surface area contributed by atoms with Gasteiger partial charge in [-0.2, -0.15) is 0 Å². The minimum Gasteiger partial charge on any atom is -0.456 e. The molecule has 0 aliphatic rings. The topological polar surface area (TPSA) is 9.23 Å². The number of benzene rings is 1. The van der Waals surface area contributed by atoms with Gasteiger partial charge < -0.3 is 8.60 Å². The second-order valence-corrected chi connectivity index (χ2v) is 17.8. The van der Waals surface area contributed by atoms with E-state index in [9.17, 15) is 0 Å². The van der Waals surface area contributed by atoms with Crippen LogP contribution in [0.1, 0.15) is 31.9 Å². The van der Waals surface area contributed by atoms with Crippen molar-refractivity contribution in [2.45, 2.75) is 72.5 Å². The van der Waals surface area contributed by atoms with Gasteiger partial charge in [-0.1, -0.05) is 24.3 Å². The van der Waals surface area contributed by atoms with Crippen LogP contribution in [-0.2, 0) is 17.1 Å². The highest BCUT2D eigenvalue weighted by Crippen LogP contribution is 2.21. The lowest BCUT2D eigenvalue weighted by molar-refractivity contribution is -0.936. The summed E-state index contributed by atoms with van der Waals surface area (Å²) in [5.74, 6) is 0. The molecule has 0 atom stereocenters. The molecule has 0 bridgehead atoms. The van der Waals surface area contributed by atoms with Crippen LogP contribution < -0.4 is 0 Å². The SMILES string of the molecule is CC[N+](CC)(CC)Cc1ccc(CC[Si](C)(C)O[Si](C)(C)C)cc1. The zero-order chi connectivity index (χ0) is 18.4. The van der Waals surface area contributed by atoms with Crippen molar-refractivity contribution < 1.29 is 8.60 Å². The number of hydrogen-bond acceptors (Lipinski definition) is 1. The van der Waals surface area contributed by atoms with E-state index >= 15 is 0 Å². The zero-order valence-electron chi connectivity index (χ0n) is 17.4. The predicted octanol–water partition coefficient (Wildman–Crippen LogP) is 5.66. The molecule has 1 aromatic rings. The summed E-state index contributed by atoms with van der Waals surface area (Å²) < 4.78 is 7.64. The highest BCUT2D eigenvalue weighted by Gasteiger charge is 2.29. The third-order valence-corrected chi connectivity index (χ3v) is 11.3. The van der Waals surface area contributed by atoms with Crippen LogP contribution in [0.5, 0.6) is 0 Å². The number of rotatable bonds is 10. The van der Waals surface area contributed by atoms with E-state index in [1.165, 1.54) is 41.3 Å². The van der Waals surface area contributed by atoms with Crippen molar-refractivity contribution in [3.05, 3.63) is 35.4 Å². The van der Waals surface area contributed by atoms with Gasteiger partial charge in [0, 0.05) is 5.56 Å². The van der Waals surface area contributed by atoms with Gasteiger partial charge in [-0.15, -0.1) is 0 Å². The summed E-state index contributed by atoms with van der Waals surface area (Å²) >= 11 is 0. The molecule has 1 rings (SSSR count). The van der Waals surface area contributed by atoms with E-state index in [-0.39, 0.29) is 0 Å². The second kappa shape index (κ2) is 8.79. The molecule has 4 heteroatoms. The minimum absolute atomic E-state index is 1.15. The van der Waals surface area contributed by atoms with Gasteiger partial charge in [0.2, 0.25) is 0 Å². The van der Waals surface area contributed by atoms with Gasteiger partial charge in [0.1, 0.15) is 6.54 Å². The molecule has 0 unspecified atom stereocenters. The number of aryl methyl sites for hydroxylation is 1. The Labute approximate surface area is 153 Å². The maximum Gasteiger partial charge on any atom is 0.173 e. The molecule has 0 aliphatic carbocycles. The van der Waals surface area contributed by atoms with Crippen molar-refractivity contribution in [2.24, 2.45) is 0 Å². The Balaban J connectivity index is 2.65. The van der Waals surface area contributed by atoms with Gasteiger partial charge in [0.05, 0.1) is 19.6 Å². The van der Waals surface area contributed by atoms with Gasteiger partial charge >= 0.3 is 0 Å². The van der Waals surface area contributed by atoms with E-state index in [0.717, 1.165) is 13.0 Å². The Bertz CT molecular complexity index is 479. The summed E-state index contributed by atoms with van der Waals surface area (Å²) in [6.45, 7) is 23.4. The highest BCUT2D eigenvalue weighted by atomic mass is 28.4. The Hall–Kier alpha value is -0.426. The van der Waals surface area contributed by atoms with Gasteiger partial charge in [-0.25, -0.2) is 0 Å². The predicted molar refractivity (Wildman–Crippen MR) is 112 cm³/mol. The van der Waals surface area contributed by atoms with Crippen LogP contribution in [0, 0.1) is 0 Å². The molecular weight excluding hydrogens is 326 g/mol. The van der Waals surface area contributed by atoms with Crippen LogP contribution in [0.25, 0.3) is 0 Å². The molecule has 0 fully saturated rings. The number of quaternary nitrogens is 1. The molecule has 0 saturated carbocycles. The summed E-state index contributed by atoms with van der Waals surface area (Å²) in [5.41, 5.74) is 2.93. The zero-order valence-corrected chi connectivity index (χ0v) is 19.4. The van der Waals surface area contributed by atoms with Gasteiger partial charge in [-0.3, -0.25) is 0 Å². The van der Waals surface area contributed by atoms with E-state index in [1.54, 1.807) is 0 Å². The first-order valence-corrected chi connectivity index (χ1v) is 16.2. The lowest BCUT2D eigenvalue weighted by atomic mass is 10.1. The fraction of sp³-hybridized carbons (Fsp3) is 0.700. The van der Waals surface area contributed by atoms with Crippen LogP contribution in [-0.4, -0.2) is 40.8 Å². The average molecular weight is 367 g/mol. The lowest BCUT2D eigenvalue weighted by Gasteiger charge is -2.36. The number of hydrogen-bond donors (Lipinski definition) is 0. The maximum absolute atomic E-state index is 6.46. The first-order valence-electron chi connectivity index (χ1n) is 9.68.